The quantitative estimate of drug-likeness (QED) is 0.331. The minimum atomic E-state index is -0.739. The number of imidazole rings is 1. The van der Waals surface area contributed by atoms with E-state index < -0.39 is 23.5 Å². The fourth-order valence-electron chi connectivity index (χ4n) is 3.95. The lowest BCUT2D eigenvalue weighted by Gasteiger charge is -2.27. The second kappa shape index (κ2) is 8.28. The van der Waals surface area contributed by atoms with Crippen molar-refractivity contribution < 1.29 is 19.6 Å². The number of ketones is 1. The third kappa shape index (κ3) is 3.77. The van der Waals surface area contributed by atoms with Crippen LogP contribution >= 0.6 is 15.9 Å². The highest BCUT2D eigenvalue weighted by Crippen LogP contribution is 2.39. The second-order valence-corrected chi connectivity index (χ2v) is 8.87. The van der Waals surface area contributed by atoms with Crippen LogP contribution in [0.3, 0.4) is 0 Å². The number of nitrogens with one attached hydrogen (secondary N) is 1. The van der Waals surface area contributed by atoms with E-state index in [-0.39, 0.29) is 5.57 Å². The number of Topliss-reactive ketones (excluding diaryl/α,β-unsaturated/α-hetero) is 1. The van der Waals surface area contributed by atoms with E-state index in [1.807, 2.05) is 44.4 Å². The first-order valence-electron chi connectivity index (χ1n) is 10.0. The number of likely N-dealkylation sites (N-methyl/N-ethyl adjacent to an activating group) is 1. The molecule has 1 unspecified atom stereocenters. The zero-order chi connectivity index (χ0) is 22.3. The Morgan fingerprint density at radius 2 is 1.87 bits per heavy atom. The van der Waals surface area contributed by atoms with Gasteiger partial charge in [0.15, 0.2) is 0 Å². The van der Waals surface area contributed by atoms with E-state index in [2.05, 4.69) is 20.9 Å². The van der Waals surface area contributed by atoms with Gasteiger partial charge in [-0.2, -0.15) is 0 Å². The number of hydrogen-bond acceptors (Lipinski definition) is 4. The van der Waals surface area contributed by atoms with Gasteiger partial charge in [0.05, 0.1) is 44.6 Å². The number of halogens is 1. The summed E-state index contributed by atoms with van der Waals surface area (Å²) in [4.78, 5) is 33.2. The Balaban J connectivity index is 1.92. The predicted octanol–water partition coefficient (Wildman–Crippen LogP) is 0.774. The van der Waals surface area contributed by atoms with Gasteiger partial charge in [-0.3, -0.25) is 9.59 Å². The van der Waals surface area contributed by atoms with Crippen LogP contribution in [0.15, 0.2) is 58.7 Å². The van der Waals surface area contributed by atoms with Crippen LogP contribution < -0.4 is 10.0 Å². The summed E-state index contributed by atoms with van der Waals surface area (Å²) >= 11 is 3.42. The SMILES string of the molecule is Cc1nc2ccccn2c1/C([O-])=C1\C(=O)C(=O)N(CC[NH+](C)C)C1c1ccc(Br)cc1. The van der Waals surface area contributed by atoms with Crippen molar-refractivity contribution in [1.82, 2.24) is 14.3 Å². The molecular weight excluding hydrogens is 460 g/mol. The van der Waals surface area contributed by atoms with E-state index in [0.717, 1.165) is 14.9 Å². The van der Waals surface area contributed by atoms with Crippen molar-refractivity contribution in [1.29, 1.82) is 0 Å². The van der Waals surface area contributed by atoms with E-state index in [9.17, 15) is 14.7 Å². The van der Waals surface area contributed by atoms with Crippen LogP contribution in [0.25, 0.3) is 11.4 Å². The molecule has 160 valence electrons. The van der Waals surface area contributed by atoms with E-state index >= 15 is 0 Å². The second-order valence-electron chi connectivity index (χ2n) is 7.96. The molecule has 1 atom stereocenters. The average Bonchev–Trinajstić information content (AvgIpc) is 3.20. The van der Waals surface area contributed by atoms with Crippen molar-refractivity contribution in [3.63, 3.8) is 0 Å². The fourth-order valence-corrected chi connectivity index (χ4v) is 4.22. The smallest absolute Gasteiger partial charge is 0.295 e. The summed E-state index contributed by atoms with van der Waals surface area (Å²) in [7, 11) is 3.96. The minimum absolute atomic E-state index is 0.0187. The number of amides is 1. The van der Waals surface area contributed by atoms with Crippen LogP contribution in [-0.4, -0.2) is 53.2 Å². The van der Waals surface area contributed by atoms with Crippen LogP contribution in [-0.2, 0) is 9.59 Å². The molecule has 8 heteroatoms. The number of aromatic nitrogens is 2. The Kier molecular flexibility index (Phi) is 5.68. The minimum Gasteiger partial charge on any atom is -0.871 e. The maximum atomic E-state index is 13.7. The van der Waals surface area contributed by atoms with E-state index in [0.29, 0.717) is 30.1 Å². The van der Waals surface area contributed by atoms with Crippen LogP contribution in [0.1, 0.15) is 23.0 Å². The van der Waals surface area contributed by atoms with Crippen LogP contribution in [0.5, 0.6) is 0 Å². The van der Waals surface area contributed by atoms with Crippen molar-refractivity contribution in [3.05, 3.63) is 75.7 Å². The summed E-state index contributed by atoms with van der Waals surface area (Å²) in [5.41, 5.74) is 2.17. The molecule has 1 saturated heterocycles. The zero-order valence-electron chi connectivity index (χ0n) is 17.6. The molecule has 0 bridgehead atoms. The third-order valence-corrected chi connectivity index (χ3v) is 6.02. The Hall–Kier alpha value is -2.97. The standard InChI is InChI=1S/C23H23BrN4O3/c1-14-19(27-11-5-4-6-17(27)25-14)21(29)18-20(15-7-9-16(24)10-8-15)28(13-12-26(2)3)23(31)22(18)30/h4-11,20,29H,12-13H2,1-3H3/b21-18+. The number of aryl methyl sites for hydroxylation is 1. The van der Waals surface area contributed by atoms with Crippen molar-refractivity contribution in [2.24, 2.45) is 0 Å². The first kappa shape index (κ1) is 21.3. The molecule has 31 heavy (non-hydrogen) atoms. The molecule has 4 rings (SSSR count). The Morgan fingerprint density at radius 3 is 2.55 bits per heavy atom. The summed E-state index contributed by atoms with van der Waals surface area (Å²) < 4.78 is 2.55. The molecular formula is C23H23BrN4O3. The summed E-state index contributed by atoms with van der Waals surface area (Å²) in [6.07, 6.45) is 1.74. The average molecular weight is 483 g/mol. The van der Waals surface area contributed by atoms with E-state index in [1.165, 1.54) is 4.90 Å². The monoisotopic (exact) mass is 482 g/mol. The van der Waals surface area contributed by atoms with Gasteiger partial charge in [0.2, 0.25) is 5.78 Å². The van der Waals surface area contributed by atoms with Crippen LogP contribution in [0.4, 0.5) is 0 Å². The lowest BCUT2D eigenvalue weighted by atomic mass is 9.96. The number of pyridine rings is 1. The molecule has 0 aliphatic carbocycles. The number of carbonyl (C=O) groups excluding carboxylic acids is 2. The van der Waals surface area contributed by atoms with Crippen LogP contribution in [0, 0.1) is 6.92 Å². The molecule has 1 aliphatic rings. The highest BCUT2D eigenvalue weighted by atomic mass is 79.9. The van der Waals surface area contributed by atoms with Gasteiger partial charge in [-0.25, -0.2) is 4.98 Å². The molecule has 2 aromatic heterocycles. The number of hydrogen-bond donors (Lipinski definition) is 1. The normalized spacial score (nSPS) is 18.5. The largest absolute Gasteiger partial charge is 0.871 e. The number of likely N-dealkylation sites (tertiary alicyclic amines) is 1. The molecule has 0 saturated carbocycles. The topological polar surface area (TPSA) is 82.2 Å². The molecule has 1 aliphatic heterocycles. The van der Waals surface area contributed by atoms with Gasteiger partial charge in [0.25, 0.3) is 5.91 Å². The lowest BCUT2D eigenvalue weighted by Crippen LogP contribution is -3.06. The van der Waals surface area contributed by atoms with Crippen molar-refractivity contribution in [2.45, 2.75) is 13.0 Å². The maximum absolute atomic E-state index is 13.7. The molecule has 1 fully saturated rings. The molecule has 7 nitrogen and oxygen atoms in total. The molecule has 3 heterocycles. The first-order valence-corrected chi connectivity index (χ1v) is 10.8. The van der Waals surface area contributed by atoms with Gasteiger partial charge < -0.3 is 19.3 Å². The number of fused-ring (bicyclic) bond motifs is 1. The fraction of sp³-hybridized carbons (Fsp3) is 0.261. The number of rotatable bonds is 5. The first-order chi connectivity index (χ1) is 14.8. The van der Waals surface area contributed by atoms with Gasteiger partial charge in [-0.05, 0) is 36.8 Å². The van der Waals surface area contributed by atoms with E-state index in [4.69, 9.17) is 0 Å². The Labute approximate surface area is 188 Å². The number of quaternary nitrogens is 1. The van der Waals surface area contributed by atoms with Crippen molar-refractivity contribution >= 4 is 39.0 Å². The van der Waals surface area contributed by atoms with Gasteiger partial charge >= 0.3 is 0 Å². The predicted molar refractivity (Wildman–Crippen MR) is 118 cm³/mol. The maximum Gasteiger partial charge on any atom is 0.295 e. The molecule has 3 aromatic rings. The zero-order valence-corrected chi connectivity index (χ0v) is 19.1. The van der Waals surface area contributed by atoms with Crippen LogP contribution in [0.2, 0.25) is 0 Å². The number of carbonyl (C=O) groups is 2. The molecule has 0 spiro atoms. The molecule has 1 aromatic carbocycles. The highest BCUT2D eigenvalue weighted by molar-refractivity contribution is 9.10. The van der Waals surface area contributed by atoms with Crippen molar-refractivity contribution in [3.8, 4) is 0 Å². The van der Waals surface area contributed by atoms with Gasteiger partial charge in [-0.1, -0.05) is 39.9 Å². The number of benzene rings is 1. The Bertz CT molecular complexity index is 1200. The van der Waals surface area contributed by atoms with E-state index in [1.54, 1.807) is 29.7 Å². The van der Waals surface area contributed by atoms with Gasteiger partial charge in [0, 0.05) is 16.2 Å². The summed E-state index contributed by atoms with van der Waals surface area (Å²) in [6.45, 7) is 2.77. The lowest BCUT2D eigenvalue weighted by molar-refractivity contribution is -0.857. The summed E-state index contributed by atoms with van der Waals surface area (Å²) in [5.74, 6) is -1.83. The molecule has 1 N–H and O–H groups in total. The van der Waals surface area contributed by atoms with Crippen molar-refractivity contribution in [2.75, 3.05) is 27.2 Å². The van der Waals surface area contributed by atoms with Gasteiger partial charge in [0.1, 0.15) is 5.65 Å². The Morgan fingerprint density at radius 1 is 1.16 bits per heavy atom. The molecule has 1 amide bonds. The third-order valence-electron chi connectivity index (χ3n) is 5.49. The molecule has 0 radical (unpaired) electrons. The summed E-state index contributed by atoms with van der Waals surface area (Å²) in [5, 5.41) is 13.7. The van der Waals surface area contributed by atoms with Gasteiger partial charge in [-0.15, -0.1) is 0 Å². The number of nitrogens with zero attached hydrogens (tertiary/aromatic N) is 3. The highest BCUT2D eigenvalue weighted by Gasteiger charge is 2.44. The summed E-state index contributed by atoms with van der Waals surface area (Å²) in [6, 6.07) is 12.1.